The minimum Gasteiger partial charge on any atom is -0.189 e. The smallest absolute Gasteiger partial charge is 0.189 e. The average molecular weight is 148 g/mol. The third-order valence-corrected chi connectivity index (χ3v) is 2.44. The lowest BCUT2D eigenvalue weighted by atomic mass is 10.1. The topological polar surface area (TPSA) is 25.1 Å². The highest BCUT2D eigenvalue weighted by Gasteiger charge is 2.54. The lowest BCUT2D eigenvalue weighted by molar-refractivity contribution is 0.0850. The molecule has 2 aliphatic rings. The SMILES string of the molecule is c1ccc2c(c1)CCC21OO1. The van der Waals surface area contributed by atoms with Crippen LogP contribution in [0.5, 0.6) is 0 Å². The van der Waals surface area contributed by atoms with Crippen LogP contribution in [-0.2, 0) is 22.0 Å². The van der Waals surface area contributed by atoms with Gasteiger partial charge >= 0.3 is 0 Å². The second kappa shape index (κ2) is 1.65. The van der Waals surface area contributed by atoms with Crippen molar-refractivity contribution in [1.82, 2.24) is 0 Å². The maximum atomic E-state index is 4.98. The Morgan fingerprint density at radius 1 is 1.18 bits per heavy atom. The van der Waals surface area contributed by atoms with Crippen LogP contribution in [0.3, 0.4) is 0 Å². The molecule has 1 aliphatic carbocycles. The van der Waals surface area contributed by atoms with Crippen LogP contribution in [0.25, 0.3) is 0 Å². The van der Waals surface area contributed by atoms with Crippen LogP contribution >= 0.6 is 0 Å². The van der Waals surface area contributed by atoms with Gasteiger partial charge in [0.1, 0.15) is 0 Å². The van der Waals surface area contributed by atoms with E-state index in [1.165, 1.54) is 11.1 Å². The first kappa shape index (κ1) is 5.75. The molecule has 11 heavy (non-hydrogen) atoms. The second-order valence-corrected chi connectivity index (χ2v) is 3.08. The first-order valence-electron chi connectivity index (χ1n) is 3.86. The lowest BCUT2D eigenvalue weighted by Crippen LogP contribution is -2.00. The van der Waals surface area contributed by atoms with Crippen LogP contribution in [0.1, 0.15) is 17.5 Å². The van der Waals surface area contributed by atoms with Crippen LogP contribution in [0.2, 0.25) is 0 Å². The molecule has 1 aromatic rings. The molecule has 1 saturated heterocycles. The fraction of sp³-hybridized carbons (Fsp3) is 0.333. The van der Waals surface area contributed by atoms with Gasteiger partial charge < -0.3 is 0 Å². The highest BCUT2D eigenvalue weighted by molar-refractivity contribution is 5.36. The molecule has 0 bridgehead atoms. The summed E-state index contributed by atoms with van der Waals surface area (Å²) in [5.74, 6) is -0.323. The summed E-state index contributed by atoms with van der Waals surface area (Å²) in [6.07, 6.45) is 2.06. The van der Waals surface area contributed by atoms with Gasteiger partial charge in [0.15, 0.2) is 0 Å². The molecule has 0 amide bonds. The van der Waals surface area contributed by atoms with Crippen molar-refractivity contribution in [3.63, 3.8) is 0 Å². The molecule has 0 saturated carbocycles. The van der Waals surface area contributed by atoms with Gasteiger partial charge in [0, 0.05) is 12.0 Å². The van der Waals surface area contributed by atoms with Crippen molar-refractivity contribution < 1.29 is 9.78 Å². The third-order valence-electron chi connectivity index (χ3n) is 2.44. The van der Waals surface area contributed by atoms with E-state index in [0.717, 1.165) is 12.8 Å². The summed E-state index contributed by atoms with van der Waals surface area (Å²) in [5, 5.41) is 0. The minimum absolute atomic E-state index is 0.323. The van der Waals surface area contributed by atoms with Crippen molar-refractivity contribution >= 4 is 0 Å². The minimum atomic E-state index is -0.323. The molecule has 2 nitrogen and oxygen atoms in total. The van der Waals surface area contributed by atoms with E-state index in [9.17, 15) is 0 Å². The van der Waals surface area contributed by atoms with Gasteiger partial charge in [-0.05, 0) is 12.0 Å². The summed E-state index contributed by atoms with van der Waals surface area (Å²) in [6.45, 7) is 0. The van der Waals surface area contributed by atoms with Gasteiger partial charge in [-0.15, -0.1) is 0 Å². The maximum Gasteiger partial charge on any atom is 0.259 e. The Kier molecular flexibility index (Phi) is 0.864. The normalized spacial score (nSPS) is 23.6. The summed E-state index contributed by atoms with van der Waals surface area (Å²) < 4.78 is 0. The molecule has 2 heteroatoms. The van der Waals surface area contributed by atoms with Gasteiger partial charge in [-0.3, -0.25) is 0 Å². The van der Waals surface area contributed by atoms with Crippen LogP contribution in [0.4, 0.5) is 0 Å². The van der Waals surface area contributed by atoms with Gasteiger partial charge in [0.2, 0.25) is 0 Å². The highest BCUT2D eigenvalue weighted by Crippen LogP contribution is 2.50. The molecule has 1 aromatic carbocycles. The van der Waals surface area contributed by atoms with E-state index in [1.54, 1.807) is 0 Å². The first-order chi connectivity index (χ1) is 5.41. The monoisotopic (exact) mass is 148 g/mol. The van der Waals surface area contributed by atoms with Crippen molar-refractivity contribution in [1.29, 1.82) is 0 Å². The Morgan fingerprint density at radius 3 is 2.82 bits per heavy atom. The van der Waals surface area contributed by atoms with E-state index in [4.69, 9.17) is 9.78 Å². The molecule has 0 N–H and O–H groups in total. The zero-order chi connectivity index (χ0) is 7.31. The quantitative estimate of drug-likeness (QED) is 0.413. The van der Waals surface area contributed by atoms with Crippen molar-refractivity contribution in [3.8, 4) is 0 Å². The zero-order valence-electron chi connectivity index (χ0n) is 6.04. The predicted molar refractivity (Wildman–Crippen MR) is 38.6 cm³/mol. The van der Waals surface area contributed by atoms with Crippen LogP contribution in [0.15, 0.2) is 24.3 Å². The molecule has 1 heterocycles. The van der Waals surface area contributed by atoms with E-state index in [1.807, 2.05) is 6.07 Å². The van der Waals surface area contributed by atoms with E-state index >= 15 is 0 Å². The standard InChI is InChI=1S/C9H8O2/c1-2-4-8-7(3-1)5-6-9(8)10-11-9/h1-4H,5-6H2. The number of rotatable bonds is 0. The summed E-state index contributed by atoms with van der Waals surface area (Å²) in [6, 6.07) is 8.29. The Balaban J connectivity index is 2.21. The molecular formula is C9H8O2. The predicted octanol–water partition coefficient (Wildman–Crippen LogP) is 1.75. The molecular weight excluding hydrogens is 140 g/mol. The molecule has 0 atom stereocenters. The van der Waals surface area contributed by atoms with E-state index in [0.29, 0.717) is 0 Å². The number of hydrogen-bond donors (Lipinski definition) is 0. The molecule has 1 aliphatic heterocycles. The maximum absolute atomic E-state index is 4.98. The fourth-order valence-corrected chi connectivity index (χ4v) is 1.77. The van der Waals surface area contributed by atoms with Crippen LogP contribution in [0, 0.1) is 0 Å². The van der Waals surface area contributed by atoms with Gasteiger partial charge in [-0.1, -0.05) is 24.3 Å². The van der Waals surface area contributed by atoms with Crippen molar-refractivity contribution in [3.05, 3.63) is 35.4 Å². The fourth-order valence-electron chi connectivity index (χ4n) is 1.77. The van der Waals surface area contributed by atoms with Crippen molar-refractivity contribution in [2.24, 2.45) is 0 Å². The Morgan fingerprint density at radius 2 is 2.00 bits per heavy atom. The molecule has 56 valence electrons. The number of aryl methyl sites for hydroxylation is 1. The Labute approximate surface area is 64.7 Å². The van der Waals surface area contributed by atoms with Gasteiger partial charge in [0.25, 0.3) is 5.79 Å². The molecule has 0 radical (unpaired) electrons. The van der Waals surface area contributed by atoms with E-state index in [-0.39, 0.29) is 5.79 Å². The zero-order valence-corrected chi connectivity index (χ0v) is 6.04. The second-order valence-electron chi connectivity index (χ2n) is 3.08. The Bertz CT molecular complexity index is 302. The van der Waals surface area contributed by atoms with Crippen LogP contribution in [-0.4, -0.2) is 0 Å². The summed E-state index contributed by atoms with van der Waals surface area (Å²) in [7, 11) is 0. The van der Waals surface area contributed by atoms with Crippen molar-refractivity contribution in [2.75, 3.05) is 0 Å². The first-order valence-corrected chi connectivity index (χ1v) is 3.86. The number of hydrogen-bond acceptors (Lipinski definition) is 2. The summed E-state index contributed by atoms with van der Waals surface area (Å²) >= 11 is 0. The molecule has 3 rings (SSSR count). The largest absolute Gasteiger partial charge is 0.259 e. The molecule has 1 spiro atoms. The Hall–Kier alpha value is -0.860. The molecule has 1 fully saturated rings. The van der Waals surface area contributed by atoms with E-state index in [2.05, 4.69) is 18.2 Å². The summed E-state index contributed by atoms with van der Waals surface area (Å²) in [4.78, 5) is 9.97. The average Bonchev–Trinajstić information content (AvgIpc) is 2.72. The highest BCUT2D eigenvalue weighted by atomic mass is 17.4. The number of benzene rings is 1. The van der Waals surface area contributed by atoms with Gasteiger partial charge in [0.05, 0.1) is 0 Å². The van der Waals surface area contributed by atoms with Crippen LogP contribution < -0.4 is 0 Å². The van der Waals surface area contributed by atoms with Gasteiger partial charge in [-0.2, -0.15) is 9.78 Å². The van der Waals surface area contributed by atoms with E-state index < -0.39 is 0 Å². The number of fused-ring (bicyclic) bond motifs is 2. The lowest BCUT2D eigenvalue weighted by Gasteiger charge is -1.97. The summed E-state index contributed by atoms with van der Waals surface area (Å²) in [5.41, 5.74) is 2.59. The van der Waals surface area contributed by atoms with Crippen molar-refractivity contribution in [2.45, 2.75) is 18.6 Å². The third kappa shape index (κ3) is 0.633. The molecule has 0 aromatic heterocycles. The molecule has 0 unspecified atom stereocenters. The van der Waals surface area contributed by atoms with Gasteiger partial charge in [-0.25, -0.2) is 0 Å².